The van der Waals surface area contributed by atoms with Crippen LogP contribution in [0.4, 0.5) is 9.18 Å². The highest BCUT2D eigenvalue weighted by atomic mass is 19.1. The monoisotopic (exact) mass is 385 g/mol. The molecule has 1 unspecified atom stereocenters. The number of hydrogen-bond donors (Lipinski definition) is 2. The number of allylic oxidation sites excluding steroid dienone is 2. The zero-order valence-electron chi connectivity index (χ0n) is 16.0. The van der Waals surface area contributed by atoms with Gasteiger partial charge in [-0.15, -0.1) is 0 Å². The number of esters is 1. The second-order valence-corrected chi connectivity index (χ2v) is 7.81. The average Bonchev–Trinajstić information content (AvgIpc) is 2.89. The first kappa shape index (κ1) is 21.2. The molecule has 1 saturated carbocycles. The second kappa shape index (κ2) is 8.71. The SMILES string of the molecule is CC(OC(=O)NC[C@]1(CC(=O)O)C[C@H]2CC(CCF)=C[C@H]21)OC(=O)C(C)C. The molecule has 7 nitrogen and oxygen atoms in total. The Bertz CT molecular complexity index is 619. The van der Waals surface area contributed by atoms with E-state index >= 15 is 0 Å². The van der Waals surface area contributed by atoms with E-state index in [4.69, 9.17) is 9.47 Å². The van der Waals surface area contributed by atoms with Gasteiger partial charge < -0.3 is 19.9 Å². The molecule has 2 rings (SSSR count). The van der Waals surface area contributed by atoms with Crippen molar-refractivity contribution in [3.8, 4) is 0 Å². The highest BCUT2D eigenvalue weighted by Crippen LogP contribution is 2.59. The van der Waals surface area contributed by atoms with E-state index in [-0.39, 0.29) is 24.8 Å². The average molecular weight is 385 g/mol. The molecule has 4 atom stereocenters. The summed E-state index contributed by atoms with van der Waals surface area (Å²) in [4.78, 5) is 34.8. The van der Waals surface area contributed by atoms with E-state index < -0.39 is 36.4 Å². The van der Waals surface area contributed by atoms with Crippen molar-refractivity contribution in [1.82, 2.24) is 5.32 Å². The molecule has 2 N–H and O–H groups in total. The van der Waals surface area contributed by atoms with Crippen LogP contribution in [0.2, 0.25) is 0 Å². The highest BCUT2D eigenvalue weighted by molar-refractivity contribution is 5.72. The van der Waals surface area contributed by atoms with Crippen molar-refractivity contribution in [3.05, 3.63) is 11.6 Å². The van der Waals surface area contributed by atoms with Gasteiger partial charge in [-0.3, -0.25) is 14.0 Å². The number of ether oxygens (including phenoxy) is 2. The summed E-state index contributed by atoms with van der Waals surface area (Å²) < 4.78 is 22.6. The largest absolute Gasteiger partial charge is 0.481 e. The van der Waals surface area contributed by atoms with E-state index in [0.717, 1.165) is 12.0 Å². The zero-order chi connectivity index (χ0) is 20.2. The van der Waals surface area contributed by atoms with E-state index in [1.165, 1.54) is 6.92 Å². The Morgan fingerprint density at radius 3 is 2.63 bits per heavy atom. The summed E-state index contributed by atoms with van der Waals surface area (Å²) >= 11 is 0. The molecule has 0 aromatic heterocycles. The number of rotatable bonds is 9. The summed E-state index contributed by atoms with van der Waals surface area (Å²) in [5.74, 6) is -1.41. The lowest BCUT2D eigenvalue weighted by Crippen LogP contribution is -2.53. The predicted molar refractivity (Wildman–Crippen MR) is 94.5 cm³/mol. The normalized spacial score (nSPS) is 27.2. The van der Waals surface area contributed by atoms with E-state index in [1.54, 1.807) is 13.8 Å². The number of halogens is 1. The predicted octanol–water partition coefficient (Wildman–Crippen LogP) is 3.04. The summed E-state index contributed by atoms with van der Waals surface area (Å²) in [7, 11) is 0. The first-order valence-electron chi connectivity index (χ1n) is 9.29. The Hall–Kier alpha value is -2.12. The van der Waals surface area contributed by atoms with E-state index in [2.05, 4.69) is 5.32 Å². The molecule has 0 heterocycles. The number of alkyl halides is 1. The van der Waals surface area contributed by atoms with Crippen molar-refractivity contribution in [2.45, 2.75) is 52.7 Å². The molecule has 27 heavy (non-hydrogen) atoms. The van der Waals surface area contributed by atoms with Crippen LogP contribution in [-0.4, -0.2) is 42.6 Å². The quantitative estimate of drug-likeness (QED) is 0.359. The standard InChI is InChI=1S/C19H28FNO6/c1-11(2)17(24)26-12(3)27-18(25)21-10-19(9-16(22)23)8-14-6-13(4-5-20)7-15(14)19/h7,11-12,14-15H,4-6,8-10H2,1-3H3,(H,21,25)(H,22,23)/t12?,14-,15-,19-/m1/s1. The Morgan fingerprint density at radius 2 is 2.04 bits per heavy atom. The van der Waals surface area contributed by atoms with Gasteiger partial charge in [-0.1, -0.05) is 25.5 Å². The molecule has 1 amide bonds. The zero-order valence-corrected chi connectivity index (χ0v) is 16.0. The number of carboxylic acids is 1. The molecule has 1 fully saturated rings. The Kier molecular flexibility index (Phi) is 6.84. The van der Waals surface area contributed by atoms with Crippen LogP contribution < -0.4 is 5.32 Å². The van der Waals surface area contributed by atoms with Crippen molar-refractivity contribution in [3.63, 3.8) is 0 Å². The topological polar surface area (TPSA) is 102 Å². The van der Waals surface area contributed by atoms with Crippen molar-refractivity contribution >= 4 is 18.0 Å². The number of carbonyl (C=O) groups is 3. The Balaban J connectivity index is 1.91. The van der Waals surface area contributed by atoms with Crippen molar-refractivity contribution in [1.29, 1.82) is 0 Å². The smallest absolute Gasteiger partial charge is 0.410 e. The lowest BCUT2D eigenvalue weighted by Gasteiger charge is -2.51. The lowest BCUT2D eigenvalue weighted by atomic mass is 9.53. The Labute approximate surface area is 158 Å². The van der Waals surface area contributed by atoms with Gasteiger partial charge in [0.15, 0.2) is 0 Å². The number of carboxylic acid groups (broad SMARTS) is 1. The first-order chi connectivity index (χ1) is 12.7. The molecule has 0 aromatic carbocycles. The van der Waals surface area contributed by atoms with Gasteiger partial charge in [0.05, 0.1) is 19.0 Å². The molecule has 2 aliphatic rings. The maximum atomic E-state index is 12.6. The van der Waals surface area contributed by atoms with Crippen LogP contribution >= 0.6 is 0 Å². The molecule has 0 spiro atoms. The molecule has 152 valence electrons. The fraction of sp³-hybridized carbons (Fsp3) is 0.737. The van der Waals surface area contributed by atoms with Gasteiger partial charge in [0.1, 0.15) is 0 Å². The number of fused-ring (bicyclic) bond motifs is 1. The molecule has 2 aliphatic carbocycles. The summed E-state index contributed by atoms with van der Waals surface area (Å²) in [5, 5.41) is 11.9. The van der Waals surface area contributed by atoms with E-state index in [9.17, 15) is 23.9 Å². The van der Waals surface area contributed by atoms with Gasteiger partial charge in [-0.25, -0.2) is 4.79 Å². The number of nitrogens with one attached hydrogen (secondary N) is 1. The van der Waals surface area contributed by atoms with Crippen LogP contribution in [0.15, 0.2) is 11.6 Å². The van der Waals surface area contributed by atoms with E-state index in [1.807, 2.05) is 6.08 Å². The van der Waals surface area contributed by atoms with Gasteiger partial charge in [-0.05, 0) is 31.1 Å². The minimum Gasteiger partial charge on any atom is -0.481 e. The molecule has 0 bridgehead atoms. The fourth-order valence-corrected chi connectivity index (χ4v) is 4.11. The molecular formula is C19H28FNO6. The molecule has 8 heteroatoms. The number of alkyl carbamates (subject to hydrolysis) is 1. The van der Waals surface area contributed by atoms with Gasteiger partial charge >= 0.3 is 18.0 Å². The van der Waals surface area contributed by atoms with Crippen LogP contribution in [0.3, 0.4) is 0 Å². The number of hydrogen-bond acceptors (Lipinski definition) is 5. The van der Waals surface area contributed by atoms with Crippen LogP contribution in [0.1, 0.15) is 46.5 Å². The molecule has 0 saturated heterocycles. The van der Waals surface area contributed by atoms with Gasteiger partial charge in [-0.2, -0.15) is 0 Å². The minimum atomic E-state index is -1.04. The summed E-state index contributed by atoms with van der Waals surface area (Å²) in [6.07, 6.45) is 1.94. The molecule has 0 radical (unpaired) electrons. The minimum absolute atomic E-state index is 0.0200. The van der Waals surface area contributed by atoms with Gasteiger partial charge in [0, 0.05) is 18.9 Å². The maximum Gasteiger partial charge on any atom is 0.410 e. The van der Waals surface area contributed by atoms with Crippen molar-refractivity contribution in [2.24, 2.45) is 23.2 Å². The number of carbonyl (C=O) groups excluding carboxylic acids is 2. The lowest BCUT2D eigenvalue weighted by molar-refractivity contribution is -0.169. The van der Waals surface area contributed by atoms with Crippen molar-refractivity contribution in [2.75, 3.05) is 13.2 Å². The third kappa shape index (κ3) is 5.20. The van der Waals surface area contributed by atoms with Gasteiger partial charge in [0.25, 0.3) is 0 Å². The maximum absolute atomic E-state index is 12.6. The van der Waals surface area contributed by atoms with Crippen LogP contribution in [0, 0.1) is 23.2 Å². The summed E-state index contributed by atoms with van der Waals surface area (Å²) in [6, 6.07) is 0. The van der Waals surface area contributed by atoms with Gasteiger partial charge in [0.2, 0.25) is 6.29 Å². The number of aliphatic carboxylic acids is 1. The third-order valence-corrected chi connectivity index (χ3v) is 5.35. The highest BCUT2D eigenvalue weighted by Gasteiger charge is 2.55. The fourth-order valence-electron chi connectivity index (χ4n) is 4.11. The summed E-state index contributed by atoms with van der Waals surface area (Å²) in [5.41, 5.74) is 0.433. The Morgan fingerprint density at radius 1 is 1.33 bits per heavy atom. The van der Waals surface area contributed by atoms with Crippen LogP contribution in [-0.2, 0) is 19.1 Å². The van der Waals surface area contributed by atoms with Crippen LogP contribution in [0.5, 0.6) is 0 Å². The third-order valence-electron chi connectivity index (χ3n) is 5.35. The van der Waals surface area contributed by atoms with Crippen LogP contribution in [0.25, 0.3) is 0 Å². The van der Waals surface area contributed by atoms with Crippen molar-refractivity contribution < 1.29 is 33.4 Å². The number of amides is 1. The van der Waals surface area contributed by atoms with E-state index in [0.29, 0.717) is 18.8 Å². The molecule has 0 aromatic rings. The summed E-state index contributed by atoms with van der Waals surface area (Å²) in [6.45, 7) is 4.50. The molecule has 0 aliphatic heterocycles. The molecular weight excluding hydrogens is 357 g/mol. The first-order valence-corrected chi connectivity index (χ1v) is 9.29. The second-order valence-electron chi connectivity index (χ2n) is 7.81.